The quantitative estimate of drug-likeness (QED) is 0.908. The number of aryl methyl sites for hydroxylation is 2. The van der Waals surface area contributed by atoms with Gasteiger partial charge in [-0.2, -0.15) is 0 Å². The first-order chi connectivity index (χ1) is 8.28. The molecule has 0 aliphatic heterocycles. The van der Waals surface area contributed by atoms with Crippen LogP contribution in [0.4, 0.5) is 0 Å². The first kappa shape index (κ1) is 10.9. The van der Waals surface area contributed by atoms with E-state index >= 15 is 0 Å². The zero-order valence-corrected chi connectivity index (χ0v) is 10.6. The Hall–Kier alpha value is -1.20. The molecule has 0 spiro atoms. The highest BCUT2D eigenvalue weighted by atomic mass is 32.1. The van der Waals surface area contributed by atoms with Crippen molar-refractivity contribution in [1.82, 2.24) is 10.2 Å². The lowest BCUT2D eigenvalue weighted by Gasteiger charge is -1.99. The van der Waals surface area contributed by atoms with Crippen LogP contribution in [-0.2, 0) is 12.8 Å². The molecule has 1 aliphatic carbocycles. The van der Waals surface area contributed by atoms with Gasteiger partial charge in [-0.3, -0.25) is 0 Å². The molecule has 2 heterocycles. The first-order valence-corrected chi connectivity index (χ1v) is 6.80. The van der Waals surface area contributed by atoms with Gasteiger partial charge in [0.05, 0.1) is 10.9 Å². The molecule has 0 amide bonds. The second-order valence-corrected chi connectivity index (χ2v) is 5.51. The van der Waals surface area contributed by atoms with E-state index in [0.717, 1.165) is 11.3 Å². The normalized spacial score (nSPS) is 16.1. The minimum Gasteiger partial charge on any atom is -0.418 e. The maximum absolute atomic E-state index is 5.87. The van der Waals surface area contributed by atoms with E-state index in [-0.39, 0.29) is 6.04 Å². The predicted molar refractivity (Wildman–Crippen MR) is 66.9 cm³/mol. The second-order valence-electron chi connectivity index (χ2n) is 4.37. The van der Waals surface area contributed by atoms with Gasteiger partial charge < -0.3 is 10.2 Å². The summed E-state index contributed by atoms with van der Waals surface area (Å²) in [5.41, 5.74) is 7.31. The molecule has 0 saturated carbocycles. The molecule has 0 bridgehead atoms. The summed E-state index contributed by atoms with van der Waals surface area (Å²) in [5.74, 6) is 1.15. The van der Waals surface area contributed by atoms with Gasteiger partial charge in [0.25, 0.3) is 5.89 Å². The van der Waals surface area contributed by atoms with Gasteiger partial charge in [-0.15, -0.1) is 21.5 Å². The number of hydrogen-bond acceptors (Lipinski definition) is 5. The molecular weight excluding hydrogens is 234 g/mol. The number of hydrogen-bond donors (Lipinski definition) is 1. The summed E-state index contributed by atoms with van der Waals surface area (Å²) in [4.78, 5) is 2.55. The second kappa shape index (κ2) is 4.23. The Kier molecular flexibility index (Phi) is 2.72. The van der Waals surface area contributed by atoms with E-state index in [2.05, 4.69) is 16.3 Å². The summed E-state index contributed by atoms with van der Waals surface area (Å²) in [5, 5.41) is 8.09. The summed E-state index contributed by atoms with van der Waals surface area (Å²) in [6.45, 7) is 2.01. The van der Waals surface area contributed by atoms with Crippen molar-refractivity contribution in [3.05, 3.63) is 22.4 Å². The van der Waals surface area contributed by atoms with Crippen LogP contribution in [-0.4, -0.2) is 10.2 Å². The summed E-state index contributed by atoms with van der Waals surface area (Å²) in [6, 6.07) is 2.03. The zero-order chi connectivity index (χ0) is 11.8. The van der Waals surface area contributed by atoms with Crippen LogP contribution in [0.1, 0.15) is 42.1 Å². The fraction of sp³-hybridized carbons (Fsp3) is 0.500. The minimum absolute atomic E-state index is 0.150. The number of nitrogens with zero attached hydrogens (tertiary/aromatic N) is 2. The zero-order valence-electron chi connectivity index (χ0n) is 9.77. The van der Waals surface area contributed by atoms with Crippen LogP contribution in [0, 0.1) is 0 Å². The van der Waals surface area contributed by atoms with Gasteiger partial charge in [-0.25, -0.2) is 0 Å². The van der Waals surface area contributed by atoms with E-state index in [1.807, 2.05) is 6.92 Å². The van der Waals surface area contributed by atoms with Gasteiger partial charge in [-0.1, -0.05) is 6.92 Å². The predicted octanol–water partition coefficient (Wildman–Crippen LogP) is 2.70. The van der Waals surface area contributed by atoms with Crippen LogP contribution >= 0.6 is 11.3 Å². The third-order valence-electron chi connectivity index (χ3n) is 3.16. The lowest BCUT2D eigenvalue weighted by Crippen LogP contribution is -2.08. The molecule has 1 unspecified atom stereocenters. The van der Waals surface area contributed by atoms with E-state index in [1.165, 1.54) is 29.7 Å². The van der Waals surface area contributed by atoms with Crippen molar-refractivity contribution in [3.8, 4) is 10.8 Å². The molecule has 1 aliphatic rings. The molecule has 3 rings (SSSR count). The number of fused-ring (bicyclic) bond motifs is 1. The minimum atomic E-state index is -0.150. The Balaban J connectivity index is 1.90. The van der Waals surface area contributed by atoms with Crippen molar-refractivity contribution in [2.75, 3.05) is 0 Å². The number of aromatic nitrogens is 2. The van der Waals surface area contributed by atoms with Crippen LogP contribution in [0.15, 0.2) is 10.5 Å². The topological polar surface area (TPSA) is 64.9 Å². The van der Waals surface area contributed by atoms with Gasteiger partial charge >= 0.3 is 0 Å². The van der Waals surface area contributed by atoms with E-state index in [4.69, 9.17) is 10.2 Å². The van der Waals surface area contributed by atoms with Crippen LogP contribution in [0.3, 0.4) is 0 Å². The first-order valence-electron chi connectivity index (χ1n) is 5.99. The summed E-state index contributed by atoms with van der Waals surface area (Å²) in [6.07, 6.45) is 4.45. The van der Waals surface area contributed by atoms with Gasteiger partial charge in [0, 0.05) is 4.88 Å². The molecule has 4 nitrogen and oxygen atoms in total. The fourth-order valence-corrected chi connectivity index (χ4v) is 3.27. The van der Waals surface area contributed by atoms with Crippen molar-refractivity contribution in [2.24, 2.45) is 5.73 Å². The molecule has 17 heavy (non-hydrogen) atoms. The van der Waals surface area contributed by atoms with Crippen molar-refractivity contribution < 1.29 is 4.42 Å². The SMILES string of the molecule is CCC(N)c1nnc(-c2cc3c(s2)CCC3)o1. The van der Waals surface area contributed by atoms with Crippen LogP contribution in [0.5, 0.6) is 0 Å². The monoisotopic (exact) mass is 249 g/mol. The smallest absolute Gasteiger partial charge is 0.257 e. The molecule has 2 aromatic rings. The molecule has 90 valence electrons. The van der Waals surface area contributed by atoms with Crippen molar-refractivity contribution >= 4 is 11.3 Å². The van der Waals surface area contributed by atoms with Crippen LogP contribution in [0.2, 0.25) is 0 Å². The third kappa shape index (κ3) is 1.89. The van der Waals surface area contributed by atoms with Gasteiger partial charge in [0.1, 0.15) is 0 Å². The van der Waals surface area contributed by atoms with E-state index in [9.17, 15) is 0 Å². The molecule has 2 aromatic heterocycles. The van der Waals surface area contributed by atoms with Crippen molar-refractivity contribution in [3.63, 3.8) is 0 Å². The number of rotatable bonds is 3. The lowest BCUT2D eigenvalue weighted by molar-refractivity contribution is 0.453. The largest absolute Gasteiger partial charge is 0.418 e. The van der Waals surface area contributed by atoms with Gasteiger partial charge in [0.15, 0.2) is 0 Å². The van der Waals surface area contributed by atoms with Gasteiger partial charge in [0.2, 0.25) is 5.89 Å². The summed E-state index contributed by atoms with van der Waals surface area (Å²) < 4.78 is 5.62. The Morgan fingerprint density at radius 1 is 1.47 bits per heavy atom. The van der Waals surface area contributed by atoms with Gasteiger partial charge in [-0.05, 0) is 37.3 Å². The van der Waals surface area contributed by atoms with E-state index in [0.29, 0.717) is 11.8 Å². The maximum Gasteiger partial charge on any atom is 0.257 e. The van der Waals surface area contributed by atoms with Crippen LogP contribution in [0.25, 0.3) is 10.8 Å². The lowest BCUT2D eigenvalue weighted by atomic mass is 10.2. The average Bonchev–Trinajstić information content (AvgIpc) is 3.00. The molecule has 0 fully saturated rings. The average molecular weight is 249 g/mol. The molecule has 2 N–H and O–H groups in total. The Bertz CT molecular complexity index is 510. The number of nitrogens with two attached hydrogens (primary N) is 1. The summed E-state index contributed by atoms with van der Waals surface area (Å²) >= 11 is 1.77. The molecule has 0 radical (unpaired) electrons. The van der Waals surface area contributed by atoms with Crippen molar-refractivity contribution in [1.29, 1.82) is 0 Å². The van der Waals surface area contributed by atoms with E-state index in [1.54, 1.807) is 11.3 Å². The summed E-state index contributed by atoms with van der Waals surface area (Å²) in [7, 11) is 0. The molecule has 0 aromatic carbocycles. The maximum atomic E-state index is 5.87. The molecule has 1 atom stereocenters. The standard InChI is InChI=1S/C12H15N3OS/c1-2-8(13)11-14-15-12(16-11)10-6-7-4-3-5-9(7)17-10/h6,8H,2-5,13H2,1H3. The highest BCUT2D eigenvalue weighted by Gasteiger charge is 2.19. The molecule has 0 saturated heterocycles. The third-order valence-corrected chi connectivity index (χ3v) is 4.38. The Morgan fingerprint density at radius 3 is 3.12 bits per heavy atom. The van der Waals surface area contributed by atoms with Crippen LogP contribution < -0.4 is 5.73 Å². The van der Waals surface area contributed by atoms with E-state index < -0.39 is 0 Å². The highest BCUT2D eigenvalue weighted by molar-refractivity contribution is 7.15. The highest BCUT2D eigenvalue weighted by Crippen LogP contribution is 2.36. The van der Waals surface area contributed by atoms with Crippen molar-refractivity contribution in [2.45, 2.75) is 38.6 Å². The fourth-order valence-electron chi connectivity index (χ4n) is 2.09. The Labute approximate surface area is 104 Å². The molecular formula is C12H15N3OS. The number of thiophene rings is 1. The Morgan fingerprint density at radius 2 is 2.35 bits per heavy atom. The molecule has 5 heteroatoms.